The minimum absolute atomic E-state index is 0.0297. The fourth-order valence-electron chi connectivity index (χ4n) is 3.53. The first-order valence-corrected chi connectivity index (χ1v) is 12.4. The molecule has 0 N–H and O–H groups in total. The molecule has 0 heterocycles. The van der Waals surface area contributed by atoms with Crippen molar-refractivity contribution in [2.75, 3.05) is 6.61 Å². The van der Waals surface area contributed by atoms with Gasteiger partial charge >= 0.3 is 5.97 Å². The molecular formula is C25H48O3. The van der Waals surface area contributed by atoms with Crippen molar-refractivity contribution in [1.29, 1.82) is 0 Å². The number of ether oxygens (including phenoxy) is 1. The monoisotopic (exact) mass is 396 g/mol. The Balaban J connectivity index is 3.24. The molecule has 0 aliphatic heterocycles. The minimum atomic E-state index is -0.338. The van der Waals surface area contributed by atoms with Crippen LogP contribution in [0, 0.1) is 0 Å². The Morgan fingerprint density at radius 3 is 1.39 bits per heavy atom. The van der Waals surface area contributed by atoms with E-state index in [0.717, 1.165) is 38.5 Å². The summed E-state index contributed by atoms with van der Waals surface area (Å²) in [5.41, 5.74) is 0. The highest BCUT2D eigenvalue weighted by molar-refractivity contribution is 5.95. The van der Waals surface area contributed by atoms with Gasteiger partial charge in [0.15, 0.2) is 0 Å². The predicted octanol–water partition coefficient (Wildman–Crippen LogP) is 7.94. The zero-order chi connectivity index (χ0) is 20.7. The second kappa shape index (κ2) is 22.4. The van der Waals surface area contributed by atoms with Gasteiger partial charge in [-0.15, -0.1) is 0 Å². The van der Waals surface area contributed by atoms with Crippen LogP contribution in [0.5, 0.6) is 0 Å². The molecule has 0 saturated heterocycles. The molecule has 0 aromatic carbocycles. The first kappa shape index (κ1) is 27.1. The van der Waals surface area contributed by atoms with E-state index in [4.69, 9.17) is 4.74 Å². The van der Waals surface area contributed by atoms with Gasteiger partial charge in [-0.2, -0.15) is 0 Å². The lowest BCUT2D eigenvalue weighted by Gasteiger charge is -2.05. The fourth-order valence-corrected chi connectivity index (χ4v) is 3.53. The quantitative estimate of drug-likeness (QED) is 0.106. The van der Waals surface area contributed by atoms with Crippen molar-refractivity contribution in [3.05, 3.63) is 0 Å². The zero-order valence-electron chi connectivity index (χ0n) is 19.1. The number of esters is 1. The molecule has 0 atom stereocenters. The molecule has 0 spiro atoms. The Labute approximate surface area is 175 Å². The number of hydrogen-bond donors (Lipinski definition) is 0. The summed E-state index contributed by atoms with van der Waals surface area (Å²) in [5.74, 6) is -0.308. The van der Waals surface area contributed by atoms with E-state index in [1.807, 2.05) is 0 Å². The maximum absolute atomic E-state index is 11.7. The summed E-state index contributed by atoms with van der Waals surface area (Å²) in [6.07, 6.45) is 23.3. The highest BCUT2D eigenvalue weighted by Crippen LogP contribution is 2.13. The van der Waals surface area contributed by atoms with Crippen LogP contribution in [0.1, 0.15) is 142 Å². The Hall–Kier alpha value is -0.860. The van der Waals surface area contributed by atoms with Crippen LogP contribution < -0.4 is 0 Å². The summed E-state index contributed by atoms with van der Waals surface area (Å²) in [4.78, 5) is 23.3. The Kier molecular flexibility index (Phi) is 21.7. The first-order valence-electron chi connectivity index (χ1n) is 12.4. The summed E-state index contributed by atoms with van der Waals surface area (Å²) in [6.45, 7) is 4.89. The number of rotatable bonds is 22. The molecule has 0 fully saturated rings. The van der Waals surface area contributed by atoms with Gasteiger partial charge in [0.25, 0.3) is 0 Å². The van der Waals surface area contributed by atoms with Crippen molar-refractivity contribution in [2.45, 2.75) is 142 Å². The average Bonchev–Trinajstić information content (AvgIpc) is 2.68. The lowest BCUT2D eigenvalue weighted by Crippen LogP contribution is -2.12. The van der Waals surface area contributed by atoms with E-state index in [0.29, 0.717) is 13.0 Å². The molecule has 0 radical (unpaired) electrons. The van der Waals surface area contributed by atoms with E-state index < -0.39 is 0 Å². The lowest BCUT2D eigenvalue weighted by molar-refractivity contribution is -0.146. The van der Waals surface area contributed by atoms with E-state index in [1.165, 1.54) is 77.0 Å². The first-order chi connectivity index (χ1) is 13.7. The standard InChI is InChI=1S/C25H48O3/c1-3-5-7-9-10-11-12-13-14-15-16-17-18-20-22-28-25(27)23-24(26)21-19-8-6-4-2/h3-23H2,1-2H3. The second-order valence-electron chi connectivity index (χ2n) is 8.34. The van der Waals surface area contributed by atoms with Crippen molar-refractivity contribution in [1.82, 2.24) is 0 Å². The number of hydrogen-bond acceptors (Lipinski definition) is 3. The highest BCUT2D eigenvalue weighted by Gasteiger charge is 2.10. The number of Topliss-reactive ketones (excluding diaryl/α,β-unsaturated/α-hetero) is 1. The van der Waals surface area contributed by atoms with E-state index in [2.05, 4.69) is 13.8 Å². The van der Waals surface area contributed by atoms with Gasteiger partial charge in [-0.25, -0.2) is 0 Å². The SMILES string of the molecule is CCCCCCCCCCCCCCCCOC(=O)CC(=O)CCCCCC. The molecule has 166 valence electrons. The third-order valence-electron chi connectivity index (χ3n) is 5.41. The second-order valence-corrected chi connectivity index (χ2v) is 8.34. The molecule has 28 heavy (non-hydrogen) atoms. The maximum Gasteiger partial charge on any atom is 0.313 e. The summed E-state index contributed by atoms with van der Waals surface area (Å²) < 4.78 is 5.19. The van der Waals surface area contributed by atoms with Crippen molar-refractivity contribution >= 4 is 11.8 Å². The zero-order valence-corrected chi connectivity index (χ0v) is 19.1. The highest BCUT2D eigenvalue weighted by atomic mass is 16.5. The van der Waals surface area contributed by atoms with E-state index in [-0.39, 0.29) is 18.2 Å². The van der Waals surface area contributed by atoms with Gasteiger partial charge in [0, 0.05) is 6.42 Å². The van der Waals surface area contributed by atoms with Gasteiger partial charge in [-0.05, 0) is 12.8 Å². The van der Waals surface area contributed by atoms with Crippen LogP contribution in [0.15, 0.2) is 0 Å². The van der Waals surface area contributed by atoms with Gasteiger partial charge in [0.05, 0.1) is 6.61 Å². The van der Waals surface area contributed by atoms with Crippen LogP contribution in [-0.2, 0) is 14.3 Å². The molecular weight excluding hydrogens is 348 g/mol. The average molecular weight is 397 g/mol. The largest absolute Gasteiger partial charge is 0.465 e. The summed E-state index contributed by atoms with van der Waals surface area (Å²) in [7, 11) is 0. The normalized spacial score (nSPS) is 10.9. The summed E-state index contributed by atoms with van der Waals surface area (Å²) in [6, 6.07) is 0. The van der Waals surface area contributed by atoms with Crippen LogP contribution in [0.4, 0.5) is 0 Å². The Bertz CT molecular complexity index is 352. The molecule has 0 aromatic rings. The van der Waals surface area contributed by atoms with Gasteiger partial charge in [-0.3, -0.25) is 9.59 Å². The maximum atomic E-state index is 11.7. The number of carbonyl (C=O) groups is 2. The number of unbranched alkanes of at least 4 members (excludes halogenated alkanes) is 16. The van der Waals surface area contributed by atoms with Crippen LogP contribution >= 0.6 is 0 Å². The van der Waals surface area contributed by atoms with Gasteiger partial charge in [0.2, 0.25) is 0 Å². The van der Waals surface area contributed by atoms with Crippen molar-refractivity contribution in [3.63, 3.8) is 0 Å². The van der Waals surface area contributed by atoms with E-state index >= 15 is 0 Å². The third kappa shape index (κ3) is 21.4. The molecule has 0 aliphatic carbocycles. The molecule has 3 nitrogen and oxygen atoms in total. The molecule has 0 unspecified atom stereocenters. The topological polar surface area (TPSA) is 43.4 Å². The van der Waals surface area contributed by atoms with Crippen molar-refractivity contribution in [2.24, 2.45) is 0 Å². The minimum Gasteiger partial charge on any atom is -0.465 e. The lowest BCUT2D eigenvalue weighted by atomic mass is 10.0. The smallest absolute Gasteiger partial charge is 0.313 e. The molecule has 0 amide bonds. The molecule has 0 aromatic heterocycles. The van der Waals surface area contributed by atoms with E-state index in [9.17, 15) is 9.59 Å². The van der Waals surface area contributed by atoms with Crippen molar-refractivity contribution < 1.29 is 14.3 Å². The molecule has 3 heteroatoms. The molecule has 0 saturated carbocycles. The van der Waals surface area contributed by atoms with Crippen LogP contribution in [0.2, 0.25) is 0 Å². The van der Waals surface area contributed by atoms with Crippen LogP contribution in [0.25, 0.3) is 0 Å². The van der Waals surface area contributed by atoms with Gasteiger partial charge in [-0.1, -0.05) is 117 Å². The van der Waals surface area contributed by atoms with Crippen LogP contribution in [-0.4, -0.2) is 18.4 Å². The number of carbonyl (C=O) groups excluding carboxylic acids is 2. The van der Waals surface area contributed by atoms with Gasteiger partial charge < -0.3 is 4.74 Å². The predicted molar refractivity (Wildman–Crippen MR) is 120 cm³/mol. The van der Waals surface area contributed by atoms with Gasteiger partial charge in [0.1, 0.15) is 12.2 Å². The van der Waals surface area contributed by atoms with Crippen LogP contribution in [0.3, 0.4) is 0 Å². The summed E-state index contributed by atoms with van der Waals surface area (Å²) in [5, 5.41) is 0. The molecule has 0 bridgehead atoms. The Morgan fingerprint density at radius 2 is 0.929 bits per heavy atom. The molecule has 0 rings (SSSR count). The Morgan fingerprint density at radius 1 is 0.536 bits per heavy atom. The number of ketones is 1. The fraction of sp³-hybridized carbons (Fsp3) is 0.920. The third-order valence-corrected chi connectivity index (χ3v) is 5.41. The van der Waals surface area contributed by atoms with E-state index in [1.54, 1.807) is 0 Å². The van der Waals surface area contributed by atoms with Crippen molar-refractivity contribution in [3.8, 4) is 0 Å². The summed E-state index contributed by atoms with van der Waals surface area (Å²) >= 11 is 0. The molecule has 0 aliphatic rings.